The molecule has 1 aromatic rings. The van der Waals surface area contributed by atoms with Gasteiger partial charge in [0.2, 0.25) is 0 Å². The van der Waals surface area contributed by atoms with Gasteiger partial charge in [-0.05, 0) is 31.1 Å². The molecule has 1 aromatic heterocycles. The predicted molar refractivity (Wildman–Crippen MR) is 83.3 cm³/mol. The summed E-state index contributed by atoms with van der Waals surface area (Å²) in [6.45, 7) is 5.33. The molecule has 3 N–H and O–H groups in total. The maximum atomic E-state index is 6.36. The molecule has 3 unspecified atom stereocenters. The molecule has 0 aliphatic heterocycles. The fraction of sp³-hybridized carbons (Fsp3) is 0.800. The van der Waals surface area contributed by atoms with Crippen molar-refractivity contribution in [1.82, 2.24) is 15.2 Å². The number of hydrogen-bond donors (Lipinski definition) is 2. The van der Waals surface area contributed by atoms with Crippen LogP contribution in [0.15, 0.2) is 6.20 Å². The molecule has 4 nitrogen and oxygen atoms in total. The fourth-order valence-electron chi connectivity index (χ4n) is 3.52. The number of aryl methyl sites for hydroxylation is 1. The van der Waals surface area contributed by atoms with E-state index >= 15 is 0 Å². The largest absolute Gasteiger partial charge is 0.271 e. The van der Waals surface area contributed by atoms with E-state index in [0.717, 1.165) is 29.6 Å². The van der Waals surface area contributed by atoms with Gasteiger partial charge in [0.25, 0.3) is 0 Å². The number of nitrogens with one attached hydrogen (secondary N) is 1. The first-order valence-electron chi connectivity index (χ1n) is 7.88. The highest BCUT2D eigenvalue weighted by molar-refractivity contribution is 6.31. The summed E-state index contributed by atoms with van der Waals surface area (Å²) in [5.41, 5.74) is 4.08. The molecule has 114 valence electrons. The molecule has 1 aliphatic rings. The number of rotatable bonds is 6. The van der Waals surface area contributed by atoms with Crippen LogP contribution in [0.4, 0.5) is 0 Å². The number of aromatic nitrogens is 2. The van der Waals surface area contributed by atoms with Gasteiger partial charge in [0.05, 0.1) is 23.0 Å². The van der Waals surface area contributed by atoms with Gasteiger partial charge < -0.3 is 0 Å². The van der Waals surface area contributed by atoms with E-state index in [-0.39, 0.29) is 6.04 Å². The van der Waals surface area contributed by atoms with Crippen molar-refractivity contribution in [3.8, 4) is 0 Å². The number of hydrazine groups is 1. The van der Waals surface area contributed by atoms with Crippen molar-refractivity contribution in [2.75, 3.05) is 0 Å². The average molecular weight is 299 g/mol. The molecule has 1 fully saturated rings. The average Bonchev–Trinajstić information content (AvgIpc) is 2.82. The van der Waals surface area contributed by atoms with Gasteiger partial charge in [-0.3, -0.25) is 16.0 Å². The minimum Gasteiger partial charge on any atom is -0.271 e. The molecule has 1 aliphatic carbocycles. The Balaban J connectivity index is 2.21. The Labute approximate surface area is 127 Å². The molecule has 3 atom stereocenters. The van der Waals surface area contributed by atoms with Crippen LogP contribution in [0.3, 0.4) is 0 Å². The molecule has 0 aromatic carbocycles. The van der Waals surface area contributed by atoms with Crippen molar-refractivity contribution in [3.05, 3.63) is 16.9 Å². The summed E-state index contributed by atoms with van der Waals surface area (Å²) in [5.74, 6) is 7.25. The van der Waals surface area contributed by atoms with Crippen LogP contribution >= 0.6 is 11.6 Å². The van der Waals surface area contributed by atoms with E-state index in [1.54, 1.807) is 6.20 Å². The van der Waals surface area contributed by atoms with Crippen molar-refractivity contribution in [1.29, 1.82) is 0 Å². The third-order valence-electron chi connectivity index (χ3n) is 4.61. The zero-order valence-electron chi connectivity index (χ0n) is 12.6. The number of hydrogen-bond acceptors (Lipinski definition) is 3. The summed E-state index contributed by atoms with van der Waals surface area (Å²) in [4.78, 5) is 0. The molecule has 1 saturated carbocycles. The number of nitrogens with two attached hydrogens (primary N) is 1. The first-order valence-corrected chi connectivity index (χ1v) is 8.26. The van der Waals surface area contributed by atoms with Crippen LogP contribution in [0.2, 0.25) is 5.02 Å². The van der Waals surface area contributed by atoms with Crippen molar-refractivity contribution in [2.24, 2.45) is 17.7 Å². The van der Waals surface area contributed by atoms with Gasteiger partial charge in [-0.25, -0.2) is 0 Å². The Kier molecular flexibility index (Phi) is 5.87. The fourth-order valence-corrected chi connectivity index (χ4v) is 3.77. The molecule has 1 heterocycles. The lowest BCUT2D eigenvalue weighted by atomic mass is 9.76. The van der Waals surface area contributed by atoms with Crippen LogP contribution in [0.5, 0.6) is 0 Å². The smallest absolute Gasteiger partial charge is 0.0834 e. The summed E-state index contributed by atoms with van der Waals surface area (Å²) < 4.78 is 2.02. The van der Waals surface area contributed by atoms with E-state index < -0.39 is 0 Å². The molecular weight excluding hydrogens is 272 g/mol. The van der Waals surface area contributed by atoms with Crippen LogP contribution in [-0.4, -0.2) is 9.78 Å². The van der Waals surface area contributed by atoms with Gasteiger partial charge in [-0.2, -0.15) is 5.10 Å². The van der Waals surface area contributed by atoms with Crippen molar-refractivity contribution >= 4 is 11.6 Å². The summed E-state index contributed by atoms with van der Waals surface area (Å²) in [6.07, 6.45) is 9.16. The summed E-state index contributed by atoms with van der Waals surface area (Å²) in [7, 11) is 0. The molecule has 20 heavy (non-hydrogen) atoms. The van der Waals surface area contributed by atoms with E-state index in [1.165, 1.54) is 32.1 Å². The second-order valence-electron chi connectivity index (χ2n) is 5.95. The lowest BCUT2D eigenvalue weighted by Crippen LogP contribution is -2.37. The van der Waals surface area contributed by atoms with Gasteiger partial charge in [0, 0.05) is 6.54 Å². The SMILES string of the molecule is CCCn1ncc(Cl)c1C(NN)C1CCCC(CC)C1. The zero-order chi connectivity index (χ0) is 14.5. The molecule has 0 radical (unpaired) electrons. The zero-order valence-corrected chi connectivity index (χ0v) is 13.4. The van der Waals surface area contributed by atoms with Crippen LogP contribution in [0.1, 0.15) is 64.1 Å². The van der Waals surface area contributed by atoms with E-state index in [9.17, 15) is 0 Å². The second-order valence-corrected chi connectivity index (χ2v) is 6.35. The first kappa shape index (κ1) is 15.8. The molecule has 0 saturated heterocycles. The van der Waals surface area contributed by atoms with Crippen molar-refractivity contribution in [3.63, 3.8) is 0 Å². The predicted octanol–water partition coefficient (Wildman–Crippen LogP) is 3.67. The Morgan fingerprint density at radius 2 is 2.30 bits per heavy atom. The maximum absolute atomic E-state index is 6.36. The standard InChI is InChI=1S/C15H27ClN4/c1-3-8-20-15(13(16)10-18-20)14(19-17)12-7-5-6-11(4-2)9-12/h10-12,14,19H,3-9,17H2,1-2H3. The molecule has 5 heteroatoms. The summed E-state index contributed by atoms with van der Waals surface area (Å²) in [6, 6.07) is 0.117. The van der Waals surface area contributed by atoms with Gasteiger partial charge >= 0.3 is 0 Å². The first-order chi connectivity index (χ1) is 9.71. The third kappa shape index (κ3) is 3.35. The summed E-state index contributed by atoms with van der Waals surface area (Å²) in [5, 5.41) is 5.13. The van der Waals surface area contributed by atoms with E-state index in [0.29, 0.717) is 5.92 Å². The van der Waals surface area contributed by atoms with Crippen molar-refractivity contribution in [2.45, 2.75) is 65.0 Å². The van der Waals surface area contributed by atoms with Crippen LogP contribution in [-0.2, 0) is 6.54 Å². The Hall–Kier alpha value is -0.580. The summed E-state index contributed by atoms with van der Waals surface area (Å²) >= 11 is 6.36. The van der Waals surface area contributed by atoms with Gasteiger partial charge in [-0.15, -0.1) is 0 Å². The molecule has 0 amide bonds. The minimum atomic E-state index is 0.117. The Morgan fingerprint density at radius 3 is 2.95 bits per heavy atom. The van der Waals surface area contributed by atoms with Gasteiger partial charge in [0.1, 0.15) is 0 Å². The normalized spacial score (nSPS) is 24.8. The third-order valence-corrected chi connectivity index (χ3v) is 4.91. The lowest BCUT2D eigenvalue weighted by Gasteiger charge is -2.34. The van der Waals surface area contributed by atoms with Gasteiger partial charge in [0.15, 0.2) is 0 Å². The number of nitrogens with zero attached hydrogens (tertiary/aromatic N) is 2. The highest BCUT2D eigenvalue weighted by Crippen LogP contribution is 2.39. The van der Waals surface area contributed by atoms with Crippen LogP contribution < -0.4 is 11.3 Å². The quantitative estimate of drug-likeness (QED) is 0.622. The monoisotopic (exact) mass is 298 g/mol. The number of halogens is 1. The van der Waals surface area contributed by atoms with Crippen LogP contribution in [0.25, 0.3) is 0 Å². The topological polar surface area (TPSA) is 55.9 Å². The van der Waals surface area contributed by atoms with Crippen LogP contribution in [0, 0.1) is 11.8 Å². The van der Waals surface area contributed by atoms with E-state index in [1.807, 2.05) is 4.68 Å². The maximum Gasteiger partial charge on any atom is 0.0834 e. The highest BCUT2D eigenvalue weighted by atomic mass is 35.5. The second kappa shape index (κ2) is 7.43. The molecular formula is C15H27ClN4. The minimum absolute atomic E-state index is 0.117. The Morgan fingerprint density at radius 1 is 1.50 bits per heavy atom. The lowest BCUT2D eigenvalue weighted by molar-refractivity contribution is 0.204. The molecule has 0 spiro atoms. The van der Waals surface area contributed by atoms with E-state index in [4.69, 9.17) is 17.4 Å². The Bertz CT molecular complexity index is 418. The van der Waals surface area contributed by atoms with E-state index in [2.05, 4.69) is 24.4 Å². The molecule has 0 bridgehead atoms. The highest BCUT2D eigenvalue weighted by Gasteiger charge is 2.31. The van der Waals surface area contributed by atoms with Crippen molar-refractivity contribution < 1.29 is 0 Å². The molecule has 2 rings (SSSR count). The van der Waals surface area contributed by atoms with Gasteiger partial charge in [-0.1, -0.05) is 44.7 Å².